The second-order valence-electron chi connectivity index (χ2n) is 2.09. The summed E-state index contributed by atoms with van der Waals surface area (Å²) >= 11 is 0. The predicted octanol–water partition coefficient (Wildman–Crippen LogP) is -1.28. The molecule has 1 rings (SSSR count). The van der Waals surface area contributed by atoms with Crippen LogP contribution in [0.5, 0.6) is 0 Å². The average molecular weight is 116 g/mol. The van der Waals surface area contributed by atoms with Crippen LogP contribution in [0.25, 0.3) is 0 Å². The summed E-state index contributed by atoms with van der Waals surface area (Å²) in [5.74, 6) is 0. The van der Waals surface area contributed by atoms with E-state index in [9.17, 15) is 0 Å². The molecule has 47 valence electrons. The normalized spacial score (nSPS) is 38.2. The highest BCUT2D eigenvalue weighted by atomic mass is 16.3. The van der Waals surface area contributed by atoms with Crippen molar-refractivity contribution in [2.45, 2.75) is 18.6 Å². The lowest BCUT2D eigenvalue weighted by Crippen LogP contribution is -2.17. The summed E-state index contributed by atoms with van der Waals surface area (Å²) in [6.07, 6.45) is 0.336. The Bertz CT molecular complexity index is 76.8. The number of aliphatic hydroxyl groups excluding tert-OH is 2. The number of aliphatic hydroxyl groups is 2. The quantitative estimate of drug-likeness (QED) is 0.448. The smallest absolute Gasteiger partial charge is 0.0697 e. The van der Waals surface area contributed by atoms with Crippen LogP contribution in [0.1, 0.15) is 6.42 Å². The van der Waals surface area contributed by atoms with Crippen LogP contribution < -0.4 is 5.32 Å². The maximum absolute atomic E-state index is 8.83. The Balaban J connectivity index is 2.22. The molecule has 8 heavy (non-hydrogen) atoms. The highest BCUT2D eigenvalue weighted by molar-refractivity contribution is 4.79. The third kappa shape index (κ3) is 1.18. The number of nitrogens with zero attached hydrogens (tertiary/aromatic N) is 1. The van der Waals surface area contributed by atoms with E-state index in [0.717, 1.165) is 0 Å². The van der Waals surface area contributed by atoms with Gasteiger partial charge < -0.3 is 10.2 Å². The highest BCUT2D eigenvalue weighted by Gasteiger charge is 2.21. The SMILES string of the molecule is OC[C@@H]1C[C@@H](O)C[N]1. The Kier molecular flexibility index (Phi) is 1.83. The van der Waals surface area contributed by atoms with Gasteiger partial charge in [-0.25, -0.2) is 5.32 Å². The van der Waals surface area contributed by atoms with Gasteiger partial charge in [-0.2, -0.15) is 0 Å². The largest absolute Gasteiger partial charge is 0.395 e. The van der Waals surface area contributed by atoms with Gasteiger partial charge in [-0.3, -0.25) is 0 Å². The standard InChI is InChI=1S/C5H10NO2/c7-3-4-1-5(8)2-6-4/h4-5,7-8H,1-3H2/t4-,5+/m0/s1. The molecule has 0 spiro atoms. The van der Waals surface area contributed by atoms with Crippen molar-refractivity contribution in [2.24, 2.45) is 0 Å². The molecule has 1 heterocycles. The Labute approximate surface area is 48.3 Å². The fourth-order valence-electron chi connectivity index (χ4n) is 0.866. The van der Waals surface area contributed by atoms with Crippen LogP contribution in [0.15, 0.2) is 0 Å². The van der Waals surface area contributed by atoms with Gasteiger partial charge in [-0.1, -0.05) is 0 Å². The molecule has 1 radical (unpaired) electrons. The van der Waals surface area contributed by atoms with Crippen molar-refractivity contribution in [1.82, 2.24) is 5.32 Å². The van der Waals surface area contributed by atoms with Crippen LogP contribution in [-0.2, 0) is 0 Å². The first-order chi connectivity index (χ1) is 3.83. The first-order valence-electron chi connectivity index (χ1n) is 2.78. The first-order valence-corrected chi connectivity index (χ1v) is 2.78. The van der Waals surface area contributed by atoms with Gasteiger partial charge in [0.1, 0.15) is 0 Å². The number of hydrogen-bond acceptors (Lipinski definition) is 2. The lowest BCUT2D eigenvalue weighted by molar-refractivity contribution is 0.184. The summed E-state index contributed by atoms with van der Waals surface area (Å²) in [5.41, 5.74) is 0. The zero-order valence-electron chi connectivity index (χ0n) is 4.62. The van der Waals surface area contributed by atoms with Gasteiger partial charge in [0.15, 0.2) is 0 Å². The van der Waals surface area contributed by atoms with E-state index < -0.39 is 0 Å². The van der Waals surface area contributed by atoms with Crippen molar-refractivity contribution in [2.75, 3.05) is 13.2 Å². The van der Waals surface area contributed by atoms with Crippen LogP contribution >= 0.6 is 0 Å². The molecule has 0 aliphatic carbocycles. The Morgan fingerprint density at radius 1 is 1.62 bits per heavy atom. The fourth-order valence-corrected chi connectivity index (χ4v) is 0.866. The summed E-state index contributed by atoms with van der Waals surface area (Å²) in [7, 11) is 0. The molecule has 0 amide bonds. The zero-order chi connectivity index (χ0) is 5.98. The molecular formula is C5H10NO2. The summed E-state index contributed by atoms with van der Waals surface area (Å²) in [6.45, 7) is 0.586. The van der Waals surface area contributed by atoms with Gasteiger partial charge in [0.2, 0.25) is 0 Å². The minimum absolute atomic E-state index is 0.00463. The molecule has 0 aromatic carbocycles. The van der Waals surface area contributed by atoms with E-state index in [2.05, 4.69) is 5.32 Å². The van der Waals surface area contributed by atoms with Crippen LogP contribution in [0, 0.1) is 0 Å². The summed E-state index contributed by atoms with van der Waals surface area (Å²) in [6, 6.07) is 0.00463. The van der Waals surface area contributed by atoms with E-state index in [0.29, 0.717) is 13.0 Å². The van der Waals surface area contributed by atoms with E-state index in [1.54, 1.807) is 0 Å². The third-order valence-electron chi connectivity index (χ3n) is 1.33. The van der Waals surface area contributed by atoms with Crippen LogP contribution in [0.3, 0.4) is 0 Å². The molecule has 0 saturated carbocycles. The molecule has 2 atom stereocenters. The van der Waals surface area contributed by atoms with Gasteiger partial charge in [-0.15, -0.1) is 0 Å². The van der Waals surface area contributed by atoms with E-state index in [-0.39, 0.29) is 18.8 Å². The Morgan fingerprint density at radius 3 is 2.62 bits per heavy atom. The van der Waals surface area contributed by atoms with Gasteiger partial charge in [0.25, 0.3) is 0 Å². The fraction of sp³-hybridized carbons (Fsp3) is 1.00. The minimum atomic E-state index is -0.299. The van der Waals surface area contributed by atoms with Gasteiger partial charge >= 0.3 is 0 Å². The van der Waals surface area contributed by atoms with E-state index in [1.807, 2.05) is 0 Å². The topological polar surface area (TPSA) is 54.6 Å². The van der Waals surface area contributed by atoms with Gasteiger partial charge in [0, 0.05) is 6.54 Å². The van der Waals surface area contributed by atoms with Crippen LogP contribution in [-0.4, -0.2) is 35.5 Å². The van der Waals surface area contributed by atoms with Crippen molar-refractivity contribution < 1.29 is 10.2 Å². The highest BCUT2D eigenvalue weighted by Crippen LogP contribution is 2.06. The number of hydrogen-bond donors (Lipinski definition) is 2. The summed E-state index contributed by atoms with van der Waals surface area (Å²) < 4.78 is 0. The molecule has 3 nitrogen and oxygen atoms in total. The molecule has 2 N–H and O–H groups in total. The van der Waals surface area contributed by atoms with Crippen molar-refractivity contribution in [3.05, 3.63) is 0 Å². The molecule has 1 aliphatic heterocycles. The van der Waals surface area contributed by atoms with Gasteiger partial charge in [-0.05, 0) is 6.42 Å². The molecular weight excluding hydrogens is 106 g/mol. The molecule has 0 aromatic rings. The van der Waals surface area contributed by atoms with E-state index in [1.165, 1.54) is 0 Å². The molecule has 0 aromatic heterocycles. The van der Waals surface area contributed by atoms with Crippen LogP contribution in [0.2, 0.25) is 0 Å². The van der Waals surface area contributed by atoms with Crippen molar-refractivity contribution in [3.8, 4) is 0 Å². The maximum Gasteiger partial charge on any atom is 0.0697 e. The minimum Gasteiger partial charge on any atom is -0.395 e. The monoisotopic (exact) mass is 116 g/mol. The summed E-state index contributed by atoms with van der Waals surface area (Å²) in [5, 5.41) is 21.2. The second kappa shape index (κ2) is 2.44. The Hall–Kier alpha value is -0.120. The molecule has 1 fully saturated rings. The lowest BCUT2D eigenvalue weighted by Gasteiger charge is -1.99. The van der Waals surface area contributed by atoms with Gasteiger partial charge in [0.05, 0.1) is 18.8 Å². The van der Waals surface area contributed by atoms with Crippen molar-refractivity contribution in [3.63, 3.8) is 0 Å². The Morgan fingerprint density at radius 2 is 2.38 bits per heavy atom. The summed E-state index contributed by atoms with van der Waals surface area (Å²) in [4.78, 5) is 0. The third-order valence-corrected chi connectivity index (χ3v) is 1.33. The van der Waals surface area contributed by atoms with Crippen LogP contribution in [0.4, 0.5) is 0 Å². The lowest BCUT2D eigenvalue weighted by atomic mass is 10.2. The van der Waals surface area contributed by atoms with Crippen molar-refractivity contribution >= 4 is 0 Å². The van der Waals surface area contributed by atoms with Crippen molar-refractivity contribution in [1.29, 1.82) is 0 Å². The molecule has 1 saturated heterocycles. The van der Waals surface area contributed by atoms with E-state index in [4.69, 9.17) is 10.2 Å². The first kappa shape index (κ1) is 6.01. The molecule has 1 aliphatic rings. The molecule has 0 bridgehead atoms. The second-order valence-corrected chi connectivity index (χ2v) is 2.09. The predicted molar refractivity (Wildman–Crippen MR) is 28.5 cm³/mol. The number of rotatable bonds is 1. The average Bonchev–Trinajstić information content (AvgIpc) is 2.14. The molecule has 3 heteroatoms. The zero-order valence-corrected chi connectivity index (χ0v) is 4.62. The molecule has 0 unspecified atom stereocenters. The van der Waals surface area contributed by atoms with E-state index >= 15 is 0 Å². The maximum atomic E-state index is 8.83.